The van der Waals surface area contributed by atoms with Gasteiger partial charge >= 0.3 is 0 Å². The molecule has 3 aliphatic rings. The molecule has 1 aromatic heterocycles. The number of hydrogen-bond donors (Lipinski definition) is 0. The molecule has 1 spiro atoms. The van der Waals surface area contributed by atoms with E-state index >= 15 is 0 Å². The monoisotopic (exact) mass is 373 g/mol. The van der Waals surface area contributed by atoms with Crippen LogP contribution in [0.3, 0.4) is 0 Å². The summed E-state index contributed by atoms with van der Waals surface area (Å²) in [5.74, 6) is -0.359. The van der Waals surface area contributed by atoms with Gasteiger partial charge in [-0.25, -0.2) is 0 Å². The standard InChI is InChI=1S/C20H27N3O4/c1-12-8-13(27-21-12)9-22(5)17(24)15-14-6-7-20(26-14)11-23(10-19(2,3)4)18(25)16(15)20/h6-8,14-16H,9-11H2,1-5H3/t14-,15-,16-,20-/m0/s1. The predicted octanol–water partition coefficient (Wildman–Crippen LogP) is 1.77. The van der Waals surface area contributed by atoms with E-state index in [0.29, 0.717) is 25.4 Å². The largest absolute Gasteiger partial charge is 0.360 e. The maximum absolute atomic E-state index is 13.2. The Labute approximate surface area is 159 Å². The van der Waals surface area contributed by atoms with Crippen LogP contribution in [0, 0.1) is 24.2 Å². The van der Waals surface area contributed by atoms with Gasteiger partial charge < -0.3 is 19.1 Å². The van der Waals surface area contributed by atoms with E-state index < -0.39 is 17.4 Å². The second kappa shape index (κ2) is 5.92. The van der Waals surface area contributed by atoms with Crippen molar-refractivity contribution in [2.24, 2.45) is 17.3 Å². The number of aromatic nitrogens is 1. The smallest absolute Gasteiger partial charge is 0.230 e. The Balaban J connectivity index is 1.54. The van der Waals surface area contributed by atoms with Crippen molar-refractivity contribution in [1.82, 2.24) is 15.0 Å². The van der Waals surface area contributed by atoms with E-state index in [9.17, 15) is 9.59 Å². The molecule has 7 heteroatoms. The number of likely N-dealkylation sites (tertiary alicyclic amines) is 1. The highest BCUT2D eigenvalue weighted by Crippen LogP contribution is 2.52. The van der Waals surface area contributed by atoms with E-state index in [4.69, 9.17) is 9.26 Å². The second-order valence-corrected chi connectivity index (χ2v) is 9.28. The molecule has 2 saturated heterocycles. The second-order valence-electron chi connectivity index (χ2n) is 9.28. The van der Waals surface area contributed by atoms with Gasteiger partial charge in [-0.2, -0.15) is 0 Å². The molecule has 3 aliphatic heterocycles. The Morgan fingerprint density at radius 1 is 1.44 bits per heavy atom. The molecule has 27 heavy (non-hydrogen) atoms. The average Bonchev–Trinajstić information content (AvgIpc) is 3.28. The molecule has 0 saturated carbocycles. The number of rotatable bonds is 4. The third-order valence-electron chi connectivity index (χ3n) is 5.58. The van der Waals surface area contributed by atoms with Crippen LogP contribution in [0.1, 0.15) is 32.2 Å². The van der Waals surface area contributed by atoms with E-state index in [0.717, 1.165) is 5.69 Å². The first-order valence-corrected chi connectivity index (χ1v) is 9.43. The van der Waals surface area contributed by atoms with Gasteiger partial charge in [0.15, 0.2) is 5.76 Å². The van der Waals surface area contributed by atoms with Crippen molar-refractivity contribution in [3.05, 3.63) is 29.7 Å². The Hall–Kier alpha value is -2.15. The van der Waals surface area contributed by atoms with Crippen LogP contribution in [-0.4, -0.2) is 58.6 Å². The van der Waals surface area contributed by atoms with Crippen LogP contribution < -0.4 is 0 Å². The number of carbonyl (C=O) groups excluding carboxylic acids is 2. The molecular weight excluding hydrogens is 346 g/mol. The van der Waals surface area contributed by atoms with Crippen LogP contribution in [0.2, 0.25) is 0 Å². The van der Waals surface area contributed by atoms with E-state index in [2.05, 4.69) is 25.9 Å². The fraction of sp³-hybridized carbons (Fsp3) is 0.650. The molecule has 0 radical (unpaired) electrons. The summed E-state index contributed by atoms with van der Waals surface area (Å²) in [6, 6.07) is 1.81. The highest BCUT2D eigenvalue weighted by molar-refractivity contribution is 5.93. The molecule has 4 heterocycles. The number of ether oxygens (including phenoxy) is 1. The fourth-order valence-electron chi connectivity index (χ4n) is 4.62. The summed E-state index contributed by atoms with van der Waals surface area (Å²) in [6.07, 6.45) is 3.61. The lowest BCUT2D eigenvalue weighted by molar-refractivity contribution is -0.143. The van der Waals surface area contributed by atoms with Crippen LogP contribution in [0.4, 0.5) is 0 Å². The van der Waals surface area contributed by atoms with E-state index in [1.54, 1.807) is 11.9 Å². The van der Waals surface area contributed by atoms with Crippen molar-refractivity contribution in [3.8, 4) is 0 Å². The Kier molecular flexibility index (Phi) is 4.00. The van der Waals surface area contributed by atoms with Gasteiger partial charge in [-0.05, 0) is 12.3 Å². The number of amides is 2. The lowest BCUT2D eigenvalue weighted by Crippen LogP contribution is -2.44. The van der Waals surface area contributed by atoms with Gasteiger partial charge in [0.2, 0.25) is 11.8 Å². The third kappa shape index (κ3) is 2.98. The van der Waals surface area contributed by atoms with Crippen molar-refractivity contribution in [3.63, 3.8) is 0 Å². The molecule has 2 bridgehead atoms. The van der Waals surface area contributed by atoms with Gasteiger partial charge in [-0.1, -0.05) is 38.1 Å². The molecule has 4 rings (SSSR count). The summed E-state index contributed by atoms with van der Waals surface area (Å²) in [6.45, 7) is 9.66. The molecule has 2 fully saturated rings. The maximum Gasteiger partial charge on any atom is 0.230 e. The first-order chi connectivity index (χ1) is 12.6. The minimum absolute atomic E-state index is 0.00684. The van der Waals surface area contributed by atoms with Gasteiger partial charge in [0, 0.05) is 19.7 Å². The van der Waals surface area contributed by atoms with Crippen LogP contribution in [-0.2, 0) is 20.9 Å². The summed E-state index contributed by atoms with van der Waals surface area (Å²) >= 11 is 0. The number of nitrogens with zero attached hydrogens (tertiary/aromatic N) is 3. The molecule has 7 nitrogen and oxygen atoms in total. The molecule has 0 N–H and O–H groups in total. The molecular formula is C20H27N3O4. The Bertz CT molecular complexity index is 808. The maximum atomic E-state index is 13.2. The van der Waals surface area contributed by atoms with Crippen molar-refractivity contribution in [2.45, 2.75) is 45.9 Å². The summed E-state index contributed by atoms with van der Waals surface area (Å²) in [7, 11) is 1.73. The van der Waals surface area contributed by atoms with E-state index in [1.165, 1.54) is 0 Å². The van der Waals surface area contributed by atoms with Crippen molar-refractivity contribution in [1.29, 1.82) is 0 Å². The van der Waals surface area contributed by atoms with Crippen LogP contribution in [0.5, 0.6) is 0 Å². The third-order valence-corrected chi connectivity index (χ3v) is 5.58. The number of carbonyl (C=O) groups is 2. The molecule has 0 unspecified atom stereocenters. The van der Waals surface area contributed by atoms with E-state index in [1.807, 2.05) is 30.0 Å². The quantitative estimate of drug-likeness (QED) is 0.752. The van der Waals surface area contributed by atoms with Crippen molar-refractivity contribution < 1.29 is 18.8 Å². The molecule has 0 aromatic carbocycles. The lowest BCUT2D eigenvalue weighted by atomic mass is 9.76. The van der Waals surface area contributed by atoms with Gasteiger partial charge in [0.1, 0.15) is 5.60 Å². The number of aryl methyl sites for hydroxylation is 1. The topological polar surface area (TPSA) is 75.9 Å². The summed E-state index contributed by atoms with van der Waals surface area (Å²) in [4.78, 5) is 29.8. The molecule has 4 atom stereocenters. The Morgan fingerprint density at radius 3 is 2.81 bits per heavy atom. The normalized spacial score (nSPS) is 31.7. The fourth-order valence-corrected chi connectivity index (χ4v) is 4.62. The van der Waals surface area contributed by atoms with Gasteiger partial charge in [0.25, 0.3) is 0 Å². The first kappa shape index (κ1) is 18.2. The van der Waals surface area contributed by atoms with Crippen molar-refractivity contribution in [2.75, 3.05) is 20.1 Å². The Morgan fingerprint density at radius 2 is 2.19 bits per heavy atom. The minimum Gasteiger partial charge on any atom is -0.360 e. The molecule has 146 valence electrons. The van der Waals surface area contributed by atoms with Crippen LogP contribution >= 0.6 is 0 Å². The molecule has 2 amide bonds. The van der Waals surface area contributed by atoms with Crippen LogP contribution in [0.15, 0.2) is 22.7 Å². The minimum atomic E-state index is -0.656. The zero-order valence-electron chi connectivity index (χ0n) is 16.6. The highest BCUT2D eigenvalue weighted by atomic mass is 16.5. The summed E-state index contributed by atoms with van der Waals surface area (Å²) < 4.78 is 11.4. The number of fused-ring (bicyclic) bond motifs is 1. The van der Waals surface area contributed by atoms with Gasteiger partial charge in [0.05, 0.1) is 36.7 Å². The SMILES string of the molecule is Cc1cc(CN(C)C(=O)[C@H]2[C@@H]3C=C[C@@]4(CN(CC(C)(C)C)C(=O)[C@H]24)O3)on1. The van der Waals surface area contributed by atoms with Crippen LogP contribution in [0.25, 0.3) is 0 Å². The summed E-state index contributed by atoms with van der Waals surface area (Å²) in [5.41, 5.74) is 0.115. The lowest BCUT2D eigenvalue weighted by Gasteiger charge is -2.29. The zero-order chi connectivity index (χ0) is 19.6. The molecule has 0 aliphatic carbocycles. The highest BCUT2D eigenvalue weighted by Gasteiger charge is 2.67. The first-order valence-electron chi connectivity index (χ1n) is 9.43. The van der Waals surface area contributed by atoms with Crippen molar-refractivity contribution >= 4 is 11.8 Å². The summed E-state index contributed by atoms with van der Waals surface area (Å²) in [5, 5.41) is 3.86. The average molecular weight is 373 g/mol. The molecule has 1 aromatic rings. The predicted molar refractivity (Wildman–Crippen MR) is 97.5 cm³/mol. The van der Waals surface area contributed by atoms with E-state index in [-0.39, 0.29) is 23.3 Å². The number of hydrogen-bond acceptors (Lipinski definition) is 5. The zero-order valence-corrected chi connectivity index (χ0v) is 16.6. The van der Waals surface area contributed by atoms with Gasteiger partial charge in [-0.3, -0.25) is 9.59 Å². The van der Waals surface area contributed by atoms with Gasteiger partial charge in [-0.15, -0.1) is 0 Å².